The van der Waals surface area contributed by atoms with Crippen molar-refractivity contribution in [2.24, 2.45) is 0 Å². The van der Waals surface area contributed by atoms with Gasteiger partial charge in [-0.25, -0.2) is 4.79 Å². The van der Waals surface area contributed by atoms with Gasteiger partial charge in [0.25, 0.3) is 0 Å². The predicted molar refractivity (Wildman–Crippen MR) is 91.5 cm³/mol. The molecule has 4 rings (SSSR count). The second-order valence-electron chi connectivity index (χ2n) is 5.54. The molecular formula is C17H14N6O3. The van der Waals surface area contributed by atoms with E-state index in [1.807, 2.05) is 30.3 Å². The van der Waals surface area contributed by atoms with E-state index in [9.17, 15) is 9.59 Å². The van der Waals surface area contributed by atoms with E-state index in [2.05, 4.69) is 20.8 Å². The molecule has 9 nitrogen and oxygen atoms in total. The Balaban J connectivity index is 1.48. The van der Waals surface area contributed by atoms with Crippen molar-refractivity contribution in [1.82, 2.24) is 30.1 Å². The van der Waals surface area contributed by atoms with Crippen LogP contribution in [0.15, 0.2) is 63.8 Å². The third-order valence-corrected chi connectivity index (χ3v) is 3.85. The summed E-state index contributed by atoms with van der Waals surface area (Å²) in [7, 11) is 0. The minimum absolute atomic E-state index is 0.130. The zero-order chi connectivity index (χ0) is 17.9. The highest BCUT2D eigenvalue weighted by Gasteiger charge is 2.14. The Hall–Kier alpha value is -3.75. The monoisotopic (exact) mass is 350 g/mol. The number of hydrogen-bond donors (Lipinski definition) is 1. The van der Waals surface area contributed by atoms with Crippen LogP contribution in [0.3, 0.4) is 0 Å². The molecule has 4 aromatic rings. The second kappa shape index (κ2) is 6.63. The number of aromatic nitrogens is 5. The second-order valence-corrected chi connectivity index (χ2v) is 5.54. The normalized spacial score (nSPS) is 10.9. The summed E-state index contributed by atoms with van der Waals surface area (Å²) in [4.78, 5) is 24.2. The van der Waals surface area contributed by atoms with Crippen LogP contribution in [0.1, 0.15) is 5.82 Å². The zero-order valence-electron chi connectivity index (χ0n) is 13.6. The van der Waals surface area contributed by atoms with E-state index in [1.54, 1.807) is 28.9 Å². The molecule has 130 valence electrons. The maximum Gasteiger partial charge on any atom is 0.420 e. The lowest BCUT2D eigenvalue weighted by atomic mass is 10.3. The van der Waals surface area contributed by atoms with Crippen LogP contribution in [0, 0.1) is 0 Å². The van der Waals surface area contributed by atoms with Gasteiger partial charge in [0.15, 0.2) is 11.4 Å². The molecule has 0 aliphatic rings. The predicted octanol–water partition coefficient (Wildman–Crippen LogP) is 0.887. The third-order valence-electron chi connectivity index (χ3n) is 3.85. The number of fused-ring (bicyclic) bond motifs is 1. The molecule has 1 amide bonds. The summed E-state index contributed by atoms with van der Waals surface area (Å²) < 4.78 is 7.94. The lowest BCUT2D eigenvalue weighted by Gasteiger charge is -2.06. The van der Waals surface area contributed by atoms with Gasteiger partial charge < -0.3 is 9.73 Å². The first-order valence-electron chi connectivity index (χ1n) is 7.90. The maximum absolute atomic E-state index is 12.3. The molecule has 0 aliphatic heterocycles. The topological polar surface area (TPSA) is 108 Å². The molecule has 0 radical (unpaired) electrons. The summed E-state index contributed by atoms with van der Waals surface area (Å²) in [5, 5.41) is 14.2. The molecule has 0 saturated carbocycles. The Labute approximate surface area is 146 Å². The van der Waals surface area contributed by atoms with E-state index < -0.39 is 5.76 Å². The third kappa shape index (κ3) is 2.97. The van der Waals surface area contributed by atoms with Gasteiger partial charge in [-0.1, -0.05) is 30.3 Å². The first-order chi connectivity index (χ1) is 12.7. The quantitative estimate of drug-likeness (QED) is 0.573. The van der Waals surface area contributed by atoms with Crippen molar-refractivity contribution in [2.75, 3.05) is 0 Å². The smallest absolute Gasteiger partial charge is 0.408 e. The minimum atomic E-state index is -0.574. The van der Waals surface area contributed by atoms with E-state index in [1.165, 1.54) is 4.57 Å². The summed E-state index contributed by atoms with van der Waals surface area (Å²) in [6, 6.07) is 16.3. The fraction of sp³-hybridized carbons (Fsp3) is 0.118. The molecule has 0 spiro atoms. The highest BCUT2D eigenvalue weighted by Crippen LogP contribution is 2.11. The van der Waals surface area contributed by atoms with E-state index in [0.717, 1.165) is 5.69 Å². The van der Waals surface area contributed by atoms with Crippen molar-refractivity contribution in [1.29, 1.82) is 0 Å². The van der Waals surface area contributed by atoms with Crippen molar-refractivity contribution >= 4 is 17.0 Å². The van der Waals surface area contributed by atoms with Gasteiger partial charge in [0.2, 0.25) is 5.91 Å². The fourth-order valence-electron chi connectivity index (χ4n) is 2.63. The van der Waals surface area contributed by atoms with Crippen molar-refractivity contribution in [3.63, 3.8) is 0 Å². The van der Waals surface area contributed by atoms with E-state index in [4.69, 9.17) is 4.42 Å². The standard InChI is InChI=1S/C17H14N6O3/c24-16(11-22-13-8-4-5-9-14(13)26-17(22)25)18-10-15-19-20-21-23(15)12-6-2-1-3-7-12/h1-9H,10-11H2,(H,18,24). The van der Waals surface area contributed by atoms with Crippen LogP contribution < -0.4 is 11.1 Å². The molecule has 0 fully saturated rings. The number of nitrogens with zero attached hydrogens (tertiary/aromatic N) is 5. The molecular weight excluding hydrogens is 336 g/mol. The molecule has 2 aromatic heterocycles. The molecule has 9 heteroatoms. The number of nitrogens with one attached hydrogen (secondary N) is 1. The number of rotatable bonds is 5. The number of tetrazole rings is 1. The van der Waals surface area contributed by atoms with Crippen LogP contribution in [0.25, 0.3) is 16.8 Å². The molecule has 1 N–H and O–H groups in total. The number of para-hydroxylation sites is 3. The Morgan fingerprint density at radius 3 is 2.69 bits per heavy atom. The lowest BCUT2D eigenvalue weighted by molar-refractivity contribution is -0.121. The Morgan fingerprint density at radius 2 is 1.85 bits per heavy atom. The average Bonchev–Trinajstić information content (AvgIpc) is 3.25. The van der Waals surface area contributed by atoms with Crippen LogP contribution in [-0.4, -0.2) is 30.7 Å². The molecule has 0 bridgehead atoms. The van der Waals surface area contributed by atoms with E-state index in [0.29, 0.717) is 16.9 Å². The highest BCUT2D eigenvalue weighted by molar-refractivity contribution is 5.79. The SMILES string of the molecule is O=C(Cn1c(=O)oc2ccccc21)NCc1nnnn1-c1ccccc1. The molecule has 0 atom stereocenters. The van der Waals surface area contributed by atoms with Crippen molar-refractivity contribution in [2.45, 2.75) is 13.1 Å². The van der Waals surface area contributed by atoms with Crippen LogP contribution in [0.2, 0.25) is 0 Å². The Bertz CT molecular complexity index is 1110. The molecule has 0 aliphatic carbocycles. The first-order valence-corrected chi connectivity index (χ1v) is 7.90. The summed E-state index contributed by atoms with van der Waals surface area (Å²) in [5.74, 6) is -0.439. The van der Waals surface area contributed by atoms with Crippen molar-refractivity contribution < 1.29 is 9.21 Å². The number of benzene rings is 2. The van der Waals surface area contributed by atoms with Gasteiger partial charge in [-0.3, -0.25) is 9.36 Å². The van der Waals surface area contributed by atoms with Gasteiger partial charge in [0, 0.05) is 0 Å². The van der Waals surface area contributed by atoms with Crippen LogP contribution >= 0.6 is 0 Å². The minimum Gasteiger partial charge on any atom is -0.408 e. The van der Waals surface area contributed by atoms with Crippen LogP contribution in [0.5, 0.6) is 0 Å². The van der Waals surface area contributed by atoms with Crippen molar-refractivity contribution in [3.8, 4) is 5.69 Å². The van der Waals surface area contributed by atoms with Gasteiger partial charge in [-0.05, 0) is 34.7 Å². The molecule has 2 heterocycles. The molecule has 0 unspecified atom stereocenters. The molecule has 2 aromatic carbocycles. The fourth-order valence-corrected chi connectivity index (χ4v) is 2.63. The van der Waals surface area contributed by atoms with E-state index >= 15 is 0 Å². The lowest BCUT2D eigenvalue weighted by Crippen LogP contribution is -2.31. The maximum atomic E-state index is 12.3. The van der Waals surface area contributed by atoms with Gasteiger partial charge in [0.1, 0.15) is 6.54 Å². The first kappa shape index (κ1) is 15.8. The van der Waals surface area contributed by atoms with Crippen LogP contribution in [-0.2, 0) is 17.9 Å². The Morgan fingerprint density at radius 1 is 1.08 bits per heavy atom. The summed E-state index contributed by atoms with van der Waals surface area (Å²) in [6.07, 6.45) is 0. The van der Waals surface area contributed by atoms with Gasteiger partial charge in [-0.2, -0.15) is 4.68 Å². The van der Waals surface area contributed by atoms with Gasteiger partial charge in [0.05, 0.1) is 17.7 Å². The number of oxazole rings is 1. The van der Waals surface area contributed by atoms with Gasteiger partial charge >= 0.3 is 5.76 Å². The number of carbonyl (C=O) groups excluding carboxylic acids is 1. The highest BCUT2D eigenvalue weighted by atomic mass is 16.4. The number of carbonyl (C=O) groups is 1. The van der Waals surface area contributed by atoms with E-state index in [-0.39, 0.29) is 19.0 Å². The molecule has 0 saturated heterocycles. The number of amides is 1. The largest absolute Gasteiger partial charge is 0.420 e. The average molecular weight is 350 g/mol. The number of hydrogen-bond acceptors (Lipinski definition) is 6. The summed E-state index contributed by atoms with van der Waals surface area (Å²) in [5.41, 5.74) is 1.80. The Kier molecular flexibility index (Phi) is 4.02. The van der Waals surface area contributed by atoms with Crippen molar-refractivity contribution in [3.05, 3.63) is 71.0 Å². The van der Waals surface area contributed by atoms with Crippen LogP contribution in [0.4, 0.5) is 0 Å². The molecule has 26 heavy (non-hydrogen) atoms. The zero-order valence-corrected chi connectivity index (χ0v) is 13.6. The van der Waals surface area contributed by atoms with Gasteiger partial charge in [-0.15, -0.1) is 5.10 Å². The summed E-state index contributed by atoms with van der Waals surface area (Å²) in [6.45, 7) is -0.0198. The summed E-state index contributed by atoms with van der Waals surface area (Å²) >= 11 is 0.